The predicted octanol–water partition coefficient (Wildman–Crippen LogP) is 0.0672. The van der Waals surface area contributed by atoms with Gasteiger partial charge in [-0.15, -0.1) is 0 Å². The highest BCUT2D eigenvalue weighted by molar-refractivity contribution is 5.82. The summed E-state index contributed by atoms with van der Waals surface area (Å²) in [6.45, 7) is 3.59. The Kier molecular flexibility index (Phi) is 4.41. The zero-order valence-electron chi connectivity index (χ0n) is 10.7. The largest absolute Gasteiger partial charge is 0.409 e. The third-order valence-corrected chi connectivity index (χ3v) is 3.90. The van der Waals surface area contributed by atoms with E-state index in [4.69, 9.17) is 10.9 Å². The van der Waals surface area contributed by atoms with E-state index in [1.165, 1.54) is 12.8 Å². The fourth-order valence-corrected chi connectivity index (χ4v) is 2.82. The maximum Gasteiger partial charge on any atom is 0.225 e. The van der Waals surface area contributed by atoms with Crippen molar-refractivity contribution in [1.82, 2.24) is 9.80 Å². The molecule has 1 aliphatic heterocycles. The molecule has 2 rings (SSSR count). The summed E-state index contributed by atoms with van der Waals surface area (Å²) in [7, 11) is 0. The summed E-state index contributed by atoms with van der Waals surface area (Å²) >= 11 is 0. The fraction of sp³-hybridized carbons (Fsp3) is 0.833. The zero-order valence-corrected chi connectivity index (χ0v) is 10.7. The summed E-state index contributed by atoms with van der Waals surface area (Å²) in [6.07, 6.45) is 4.51. The van der Waals surface area contributed by atoms with Crippen molar-refractivity contribution < 1.29 is 10.0 Å². The van der Waals surface area contributed by atoms with Gasteiger partial charge in [0, 0.05) is 32.1 Å². The minimum absolute atomic E-state index is 0.227. The van der Waals surface area contributed by atoms with Crippen LogP contribution in [0.1, 0.15) is 25.7 Å². The molecule has 0 atom stereocenters. The van der Waals surface area contributed by atoms with Crippen molar-refractivity contribution in [3.63, 3.8) is 0 Å². The van der Waals surface area contributed by atoms with Gasteiger partial charge in [-0.1, -0.05) is 18.0 Å². The van der Waals surface area contributed by atoms with E-state index in [1.807, 2.05) is 4.90 Å². The van der Waals surface area contributed by atoms with Crippen molar-refractivity contribution in [3.05, 3.63) is 0 Å². The third-order valence-electron chi connectivity index (χ3n) is 3.90. The van der Waals surface area contributed by atoms with Crippen LogP contribution in [0.3, 0.4) is 0 Å². The molecule has 1 saturated carbocycles. The number of carbonyl (C=O) groups is 1. The number of piperazine rings is 1. The first-order valence-electron chi connectivity index (χ1n) is 6.68. The van der Waals surface area contributed by atoms with Crippen LogP contribution >= 0.6 is 0 Å². The molecule has 1 aliphatic carbocycles. The first kappa shape index (κ1) is 13.1. The van der Waals surface area contributed by atoms with Crippen LogP contribution in [-0.2, 0) is 4.79 Å². The average molecular weight is 254 g/mol. The monoisotopic (exact) mass is 254 g/mol. The van der Waals surface area contributed by atoms with Gasteiger partial charge in [0.25, 0.3) is 0 Å². The third kappa shape index (κ3) is 3.13. The number of amides is 1. The molecule has 6 heteroatoms. The van der Waals surface area contributed by atoms with Crippen LogP contribution < -0.4 is 5.73 Å². The van der Waals surface area contributed by atoms with Crippen LogP contribution in [0, 0.1) is 5.92 Å². The number of hydrogen-bond donors (Lipinski definition) is 2. The zero-order chi connectivity index (χ0) is 13.0. The van der Waals surface area contributed by atoms with Gasteiger partial charge >= 0.3 is 0 Å². The molecule has 2 fully saturated rings. The van der Waals surface area contributed by atoms with Crippen LogP contribution in [0.25, 0.3) is 0 Å². The van der Waals surface area contributed by atoms with E-state index in [0.29, 0.717) is 12.5 Å². The van der Waals surface area contributed by atoms with Gasteiger partial charge in [0.1, 0.15) is 0 Å². The fourth-order valence-electron chi connectivity index (χ4n) is 2.82. The highest BCUT2D eigenvalue weighted by atomic mass is 16.4. The standard InChI is InChI=1S/C12H22N4O2/c13-11(14-18)9-15-5-7-16(8-6-15)12(17)10-3-1-2-4-10/h10,18H,1-9H2,(H2,13,14). The first-order valence-corrected chi connectivity index (χ1v) is 6.68. The summed E-state index contributed by atoms with van der Waals surface area (Å²) in [5, 5.41) is 11.5. The van der Waals surface area contributed by atoms with Crippen LogP contribution in [0.5, 0.6) is 0 Å². The maximum absolute atomic E-state index is 12.2. The number of hydrogen-bond acceptors (Lipinski definition) is 4. The van der Waals surface area contributed by atoms with Gasteiger partial charge in [-0.05, 0) is 12.8 Å². The van der Waals surface area contributed by atoms with E-state index in [9.17, 15) is 4.79 Å². The Hall–Kier alpha value is -1.30. The lowest BCUT2D eigenvalue weighted by atomic mass is 10.1. The molecule has 6 nitrogen and oxygen atoms in total. The van der Waals surface area contributed by atoms with Crippen molar-refractivity contribution in [2.75, 3.05) is 32.7 Å². The number of amidine groups is 1. The summed E-state index contributed by atoms with van der Waals surface area (Å²) in [6, 6.07) is 0. The Balaban J connectivity index is 1.77. The lowest BCUT2D eigenvalue weighted by Gasteiger charge is -2.35. The van der Waals surface area contributed by atoms with E-state index in [2.05, 4.69) is 10.1 Å². The first-order chi connectivity index (χ1) is 8.70. The van der Waals surface area contributed by atoms with E-state index in [0.717, 1.165) is 39.0 Å². The van der Waals surface area contributed by atoms with Crippen molar-refractivity contribution in [2.24, 2.45) is 16.8 Å². The van der Waals surface area contributed by atoms with E-state index in [1.54, 1.807) is 0 Å². The van der Waals surface area contributed by atoms with Crippen molar-refractivity contribution >= 4 is 11.7 Å². The van der Waals surface area contributed by atoms with Gasteiger partial charge in [-0.3, -0.25) is 9.69 Å². The molecule has 0 bridgehead atoms. The molecule has 0 aromatic rings. The van der Waals surface area contributed by atoms with E-state index in [-0.39, 0.29) is 11.8 Å². The van der Waals surface area contributed by atoms with Crippen LogP contribution in [0.2, 0.25) is 0 Å². The molecule has 3 N–H and O–H groups in total. The summed E-state index contributed by atoms with van der Waals surface area (Å²) in [5.74, 6) is 0.821. The van der Waals surface area contributed by atoms with Crippen molar-refractivity contribution in [3.8, 4) is 0 Å². The van der Waals surface area contributed by atoms with Crippen LogP contribution in [-0.4, -0.2) is 59.5 Å². The minimum Gasteiger partial charge on any atom is -0.409 e. The Morgan fingerprint density at radius 1 is 1.22 bits per heavy atom. The molecule has 0 unspecified atom stereocenters. The highest BCUT2D eigenvalue weighted by Crippen LogP contribution is 2.26. The van der Waals surface area contributed by atoms with Crippen LogP contribution in [0.15, 0.2) is 5.16 Å². The number of carbonyl (C=O) groups excluding carboxylic acids is 1. The van der Waals surface area contributed by atoms with Gasteiger partial charge in [0.15, 0.2) is 5.84 Å². The average Bonchev–Trinajstić information content (AvgIpc) is 2.92. The number of nitrogens with zero attached hydrogens (tertiary/aromatic N) is 3. The van der Waals surface area contributed by atoms with Gasteiger partial charge < -0.3 is 15.8 Å². The van der Waals surface area contributed by atoms with Crippen molar-refractivity contribution in [2.45, 2.75) is 25.7 Å². The second-order valence-electron chi connectivity index (χ2n) is 5.17. The molecule has 0 radical (unpaired) electrons. The van der Waals surface area contributed by atoms with Gasteiger partial charge in [-0.25, -0.2) is 0 Å². The second kappa shape index (κ2) is 6.04. The molecule has 18 heavy (non-hydrogen) atoms. The molecule has 1 saturated heterocycles. The molecule has 0 aromatic heterocycles. The van der Waals surface area contributed by atoms with Gasteiger partial charge in [0.05, 0.1) is 6.54 Å². The maximum atomic E-state index is 12.2. The summed E-state index contributed by atoms with van der Waals surface area (Å²) in [5.41, 5.74) is 5.48. The Bertz CT molecular complexity index is 318. The summed E-state index contributed by atoms with van der Waals surface area (Å²) in [4.78, 5) is 16.3. The molecule has 102 valence electrons. The molecular weight excluding hydrogens is 232 g/mol. The summed E-state index contributed by atoms with van der Waals surface area (Å²) < 4.78 is 0. The van der Waals surface area contributed by atoms with E-state index >= 15 is 0 Å². The Morgan fingerprint density at radius 3 is 2.39 bits per heavy atom. The number of oxime groups is 1. The molecule has 1 amide bonds. The SMILES string of the molecule is NC(CN1CCN(C(=O)C2CCCC2)CC1)=NO. The van der Waals surface area contributed by atoms with Gasteiger partial charge in [0.2, 0.25) is 5.91 Å². The molecular formula is C12H22N4O2. The predicted molar refractivity (Wildman–Crippen MR) is 68.4 cm³/mol. The normalized spacial score (nSPS) is 23.6. The second-order valence-corrected chi connectivity index (χ2v) is 5.17. The smallest absolute Gasteiger partial charge is 0.225 e. The number of nitrogens with two attached hydrogens (primary N) is 1. The van der Waals surface area contributed by atoms with Gasteiger partial charge in [-0.2, -0.15) is 0 Å². The number of rotatable bonds is 3. The Labute approximate surface area is 107 Å². The molecule has 0 spiro atoms. The lowest BCUT2D eigenvalue weighted by molar-refractivity contribution is -0.137. The highest BCUT2D eigenvalue weighted by Gasteiger charge is 2.29. The lowest BCUT2D eigenvalue weighted by Crippen LogP contribution is -2.51. The molecule has 1 heterocycles. The molecule has 2 aliphatic rings. The topological polar surface area (TPSA) is 82.2 Å². The van der Waals surface area contributed by atoms with Crippen LogP contribution in [0.4, 0.5) is 0 Å². The molecule has 0 aromatic carbocycles. The Morgan fingerprint density at radius 2 is 1.83 bits per heavy atom. The van der Waals surface area contributed by atoms with Crippen molar-refractivity contribution in [1.29, 1.82) is 0 Å². The quantitative estimate of drug-likeness (QED) is 0.323. The minimum atomic E-state index is 0.227. The van der Waals surface area contributed by atoms with E-state index < -0.39 is 0 Å².